The van der Waals surface area contributed by atoms with E-state index in [0.717, 1.165) is 47.9 Å². The number of rotatable bonds is 5. The van der Waals surface area contributed by atoms with E-state index in [1.807, 2.05) is 37.3 Å². The van der Waals surface area contributed by atoms with Crippen LogP contribution in [0.4, 0.5) is 16.8 Å². The second-order valence-corrected chi connectivity index (χ2v) is 8.30. The van der Waals surface area contributed by atoms with E-state index in [4.69, 9.17) is 5.73 Å². The van der Waals surface area contributed by atoms with Crippen molar-refractivity contribution in [3.63, 3.8) is 0 Å². The minimum atomic E-state index is -0.107. The van der Waals surface area contributed by atoms with Crippen molar-refractivity contribution in [2.24, 2.45) is 0 Å². The lowest BCUT2D eigenvalue weighted by atomic mass is 9.99. The van der Waals surface area contributed by atoms with E-state index in [-0.39, 0.29) is 5.91 Å². The number of hydrogen-bond acceptors (Lipinski definition) is 8. The van der Waals surface area contributed by atoms with Crippen molar-refractivity contribution in [3.05, 3.63) is 52.5 Å². The van der Waals surface area contributed by atoms with Crippen molar-refractivity contribution >= 4 is 34.0 Å². The van der Waals surface area contributed by atoms with E-state index in [9.17, 15) is 4.79 Å². The summed E-state index contributed by atoms with van der Waals surface area (Å²) in [6.07, 6.45) is 2.41. The van der Waals surface area contributed by atoms with Crippen LogP contribution in [0.25, 0.3) is 0 Å². The predicted molar refractivity (Wildman–Crippen MR) is 114 cm³/mol. The average Bonchev–Trinajstić information content (AvgIpc) is 3.15. The van der Waals surface area contributed by atoms with Crippen LogP contribution in [-0.2, 0) is 11.2 Å². The number of hydrogen-bond donors (Lipinski definition) is 2. The third-order valence-corrected chi connectivity index (χ3v) is 5.83. The Morgan fingerprint density at radius 3 is 2.86 bits per heavy atom. The molecule has 3 aromatic rings. The van der Waals surface area contributed by atoms with Gasteiger partial charge < -0.3 is 16.0 Å². The van der Waals surface area contributed by atoms with Gasteiger partial charge >= 0.3 is 0 Å². The van der Waals surface area contributed by atoms with Crippen LogP contribution in [0.2, 0.25) is 0 Å². The Morgan fingerprint density at radius 1 is 1.24 bits per heavy atom. The molecule has 1 saturated heterocycles. The second kappa shape index (κ2) is 8.52. The van der Waals surface area contributed by atoms with Crippen LogP contribution < -0.4 is 16.0 Å². The number of amides is 1. The highest BCUT2D eigenvalue weighted by molar-refractivity contribution is 7.15. The summed E-state index contributed by atoms with van der Waals surface area (Å²) in [5.74, 6) is 1.44. The van der Waals surface area contributed by atoms with Crippen LogP contribution in [0.15, 0.2) is 36.4 Å². The second-order valence-electron chi connectivity index (χ2n) is 7.25. The fourth-order valence-electron chi connectivity index (χ4n) is 3.55. The minimum Gasteiger partial charge on any atom is -0.374 e. The molecule has 0 radical (unpaired) electrons. The summed E-state index contributed by atoms with van der Waals surface area (Å²) in [6, 6.07) is 11.6. The first kappa shape index (κ1) is 19.3. The molecule has 1 fully saturated rings. The molecule has 3 N–H and O–H groups in total. The lowest BCUT2D eigenvalue weighted by molar-refractivity contribution is -0.115. The molecule has 3 heterocycles. The number of nitrogen functional groups attached to an aromatic ring is 1. The SMILES string of the molecule is Cc1cccc(CC(=O)Nc2ccc(N3CCCC(c4nnc(N)s4)C3)nn2)c1. The average molecular weight is 410 g/mol. The largest absolute Gasteiger partial charge is 0.374 e. The predicted octanol–water partition coefficient (Wildman–Crippen LogP) is 2.78. The molecule has 1 atom stereocenters. The van der Waals surface area contributed by atoms with Gasteiger partial charge in [-0.1, -0.05) is 41.2 Å². The van der Waals surface area contributed by atoms with Gasteiger partial charge in [0, 0.05) is 19.0 Å². The van der Waals surface area contributed by atoms with E-state index in [0.29, 0.717) is 23.3 Å². The molecule has 1 amide bonds. The van der Waals surface area contributed by atoms with Crippen molar-refractivity contribution in [2.45, 2.75) is 32.1 Å². The van der Waals surface area contributed by atoms with Gasteiger partial charge in [0.25, 0.3) is 0 Å². The van der Waals surface area contributed by atoms with E-state index < -0.39 is 0 Å². The monoisotopic (exact) mass is 409 g/mol. The number of carbonyl (C=O) groups is 1. The molecular formula is C20H23N7OS. The van der Waals surface area contributed by atoms with Gasteiger partial charge in [-0.05, 0) is 37.5 Å². The Balaban J connectivity index is 1.36. The van der Waals surface area contributed by atoms with Crippen molar-refractivity contribution in [2.75, 3.05) is 29.0 Å². The summed E-state index contributed by atoms with van der Waals surface area (Å²) < 4.78 is 0. The molecule has 0 saturated carbocycles. The van der Waals surface area contributed by atoms with Crippen molar-refractivity contribution < 1.29 is 4.79 Å². The maximum Gasteiger partial charge on any atom is 0.229 e. The highest BCUT2D eigenvalue weighted by Crippen LogP contribution is 2.31. The first-order valence-electron chi connectivity index (χ1n) is 9.60. The fraction of sp³-hybridized carbons (Fsp3) is 0.350. The van der Waals surface area contributed by atoms with Crippen LogP contribution in [-0.4, -0.2) is 39.4 Å². The smallest absolute Gasteiger partial charge is 0.229 e. The topological polar surface area (TPSA) is 110 Å². The number of aromatic nitrogens is 4. The summed E-state index contributed by atoms with van der Waals surface area (Å²) in [5, 5.41) is 20.9. The zero-order valence-corrected chi connectivity index (χ0v) is 17.0. The van der Waals surface area contributed by atoms with Crippen LogP contribution in [0.1, 0.15) is 34.9 Å². The van der Waals surface area contributed by atoms with Gasteiger partial charge in [-0.3, -0.25) is 4.79 Å². The molecule has 1 aliphatic heterocycles. The Kier molecular flexibility index (Phi) is 5.66. The first-order valence-corrected chi connectivity index (χ1v) is 10.4. The summed E-state index contributed by atoms with van der Waals surface area (Å²) in [4.78, 5) is 14.5. The summed E-state index contributed by atoms with van der Waals surface area (Å²) in [5.41, 5.74) is 7.83. The summed E-state index contributed by atoms with van der Waals surface area (Å²) in [6.45, 7) is 3.73. The zero-order chi connectivity index (χ0) is 20.2. The van der Waals surface area contributed by atoms with Gasteiger partial charge in [0.05, 0.1) is 6.42 Å². The molecule has 0 spiro atoms. The molecule has 29 heavy (non-hydrogen) atoms. The number of anilines is 3. The molecule has 1 aromatic carbocycles. The number of nitrogens with one attached hydrogen (secondary N) is 1. The van der Waals surface area contributed by atoms with Gasteiger partial charge in [-0.25, -0.2) is 0 Å². The van der Waals surface area contributed by atoms with E-state index in [2.05, 4.69) is 30.6 Å². The lowest BCUT2D eigenvalue weighted by Crippen LogP contribution is -2.35. The fourth-order valence-corrected chi connectivity index (χ4v) is 4.29. The highest BCUT2D eigenvalue weighted by Gasteiger charge is 2.25. The molecule has 8 nitrogen and oxygen atoms in total. The normalized spacial score (nSPS) is 16.6. The molecule has 150 valence electrons. The Bertz CT molecular complexity index is 989. The quantitative estimate of drug-likeness (QED) is 0.667. The minimum absolute atomic E-state index is 0.107. The van der Waals surface area contributed by atoms with E-state index in [1.165, 1.54) is 11.3 Å². The van der Waals surface area contributed by atoms with Crippen molar-refractivity contribution in [1.82, 2.24) is 20.4 Å². The Labute approximate surface area is 173 Å². The Hall–Kier alpha value is -3.07. The molecule has 0 bridgehead atoms. The lowest BCUT2D eigenvalue weighted by Gasteiger charge is -2.32. The van der Waals surface area contributed by atoms with Crippen molar-refractivity contribution in [1.29, 1.82) is 0 Å². The number of nitrogens with zero attached hydrogens (tertiary/aromatic N) is 5. The highest BCUT2D eigenvalue weighted by atomic mass is 32.1. The van der Waals surface area contributed by atoms with Crippen LogP contribution >= 0.6 is 11.3 Å². The summed E-state index contributed by atoms with van der Waals surface area (Å²) >= 11 is 1.45. The van der Waals surface area contributed by atoms with Gasteiger partial charge in [-0.2, -0.15) is 0 Å². The molecule has 0 aliphatic carbocycles. The number of carbonyl (C=O) groups excluding carboxylic acids is 1. The summed E-state index contributed by atoms with van der Waals surface area (Å²) in [7, 11) is 0. The molecule has 4 rings (SSSR count). The third-order valence-electron chi connectivity index (χ3n) is 4.92. The van der Waals surface area contributed by atoms with Gasteiger partial charge in [-0.15, -0.1) is 20.4 Å². The van der Waals surface area contributed by atoms with Gasteiger partial charge in [0.2, 0.25) is 11.0 Å². The molecule has 1 aliphatic rings. The van der Waals surface area contributed by atoms with Gasteiger partial charge in [0.1, 0.15) is 5.01 Å². The first-order chi connectivity index (χ1) is 14.1. The Morgan fingerprint density at radius 2 is 2.14 bits per heavy atom. The molecule has 9 heteroatoms. The van der Waals surface area contributed by atoms with E-state index in [1.54, 1.807) is 6.07 Å². The molecule has 1 unspecified atom stereocenters. The third kappa shape index (κ3) is 4.86. The van der Waals surface area contributed by atoms with Crippen molar-refractivity contribution in [3.8, 4) is 0 Å². The molecular weight excluding hydrogens is 386 g/mol. The number of benzene rings is 1. The number of piperidine rings is 1. The maximum atomic E-state index is 12.3. The van der Waals surface area contributed by atoms with E-state index >= 15 is 0 Å². The van der Waals surface area contributed by atoms with Crippen LogP contribution in [0.3, 0.4) is 0 Å². The maximum absolute atomic E-state index is 12.3. The standard InChI is InChI=1S/C20H23N7OS/c1-13-4-2-5-14(10-13)11-18(28)22-16-7-8-17(24-23-16)27-9-3-6-15(12-27)19-25-26-20(21)29-19/h2,4-5,7-8,10,15H,3,6,9,11-12H2,1H3,(H2,21,26)(H,22,23,28). The van der Waals surface area contributed by atoms with Crippen LogP contribution in [0, 0.1) is 6.92 Å². The van der Waals surface area contributed by atoms with Crippen LogP contribution in [0.5, 0.6) is 0 Å². The number of aryl methyl sites for hydroxylation is 1. The number of nitrogens with two attached hydrogens (primary N) is 1. The van der Waals surface area contributed by atoms with Gasteiger partial charge in [0.15, 0.2) is 11.6 Å². The molecule has 2 aromatic heterocycles. The zero-order valence-electron chi connectivity index (χ0n) is 16.2.